The standard InChI is InChI=1S/C22H17NO2/c1-14-6-5-7-18(22(14)19-8-3-4-11-23-19)16-9-10-17-15(2)12-21(24)25-20(17)13-16/h3-13H,1-2H3. The van der Waals surface area contributed by atoms with E-state index in [0.717, 1.165) is 38.9 Å². The van der Waals surface area contributed by atoms with Crippen molar-refractivity contribution in [2.75, 3.05) is 0 Å². The SMILES string of the molecule is Cc1cccc(-c2ccc3c(C)cc(=O)oc3c2)c1-c1ccccn1. The average molecular weight is 327 g/mol. The highest BCUT2D eigenvalue weighted by molar-refractivity contribution is 5.90. The Balaban J connectivity index is 1.98. The number of rotatable bonds is 2. The molecule has 4 rings (SSSR count). The topological polar surface area (TPSA) is 43.1 Å². The van der Waals surface area contributed by atoms with E-state index in [1.54, 1.807) is 6.20 Å². The molecule has 0 bridgehead atoms. The first-order chi connectivity index (χ1) is 12.1. The lowest BCUT2D eigenvalue weighted by Crippen LogP contribution is -1.98. The van der Waals surface area contributed by atoms with Crippen LogP contribution < -0.4 is 5.63 Å². The van der Waals surface area contributed by atoms with Crippen LogP contribution in [-0.4, -0.2) is 4.98 Å². The molecular weight excluding hydrogens is 310 g/mol. The van der Waals surface area contributed by atoms with Gasteiger partial charge in [0.05, 0.1) is 5.69 Å². The summed E-state index contributed by atoms with van der Waals surface area (Å²) in [6.07, 6.45) is 1.80. The molecule has 122 valence electrons. The third-order valence-electron chi connectivity index (χ3n) is 4.46. The van der Waals surface area contributed by atoms with Gasteiger partial charge in [0.2, 0.25) is 0 Å². The lowest BCUT2D eigenvalue weighted by Gasteiger charge is -2.13. The van der Waals surface area contributed by atoms with Crippen LogP contribution in [0.5, 0.6) is 0 Å². The number of hydrogen-bond donors (Lipinski definition) is 0. The first-order valence-corrected chi connectivity index (χ1v) is 8.19. The van der Waals surface area contributed by atoms with Crippen molar-refractivity contribution >= 4 is 11.0 Å². The minimum Gasteiger partial charge on any atom is -0.423 e. The largest absolute Gasteiger partial charge is 0.423 e. The molecule has 0 aliphatic heterocycles. The molecule has 0 amide bonds. The van der Waals surface area contributed by atoms with Crippen molar-refractivity contribution in [3.63, 3.8) is 0 Å². The van der Waals surface area contributed by atoms with Gasteiger partial charge < -0.3 is 4.42 Å². The van der Waals surface area contributed by atoms with E-state index in [0.29, 0.717) is 5.58 Å². The predicted octanol–water partition coefficient (Wildman–Crippen LogP) is 5.14. The fourth-order valence-corrected chi connectivity index (χ4v) is 3.25. The van der Waals surface area contributed by atoms with Gasteiger partial charge in [-0.3, -0.25) is 4.98 Å². The van der Waals surface area contributed by atoms with Crippen molar-refractivity contribution < 1.29 is 4.42 Å². The molecule has 2 heterocycles. The summed E-state index contributed by atoms with van der Waals surface area (Å²) in [6, 6.07) is 19.6. The Morgan fingerprint density at radius 1 is 0.880 bits per heavy atom. The normalized spacial score (nSPS) is 11.0. The Labute approximate surface area is 145 Å². The summed E-state index contributed by atoms with van der Waals surface area (Å²) in [5.74, 6) is 0. The van der Waals surface area contributed by atoms with E-state index >= 15 is 0 Å². The first-order valence-electron chi connectivity index (χ1n) is 8.19. The van der Waals surface area contributed by atoms with E-state index in [9.17, 15) is 4.79 Å². The molecular formula is C22H17NO2. The van der Waals surface area contributed by atoms with Gasteiger partial charge in [-0.15, -0.1) is 0 Å². The van der Waals surface area contributed by atoms with Crippen LogP contribution >= 0.6 is 0 Å². The Morgan fingerprint density at radius 2 is 1.76 bits per heavy atom. The summed E-state index contributed by atoms with van der Waals surface area (Å²) < 4.78 is 5.41. The molecule has 4 aromatic rings. The van der Waals surface area contributed by atoms with Crippen LogP contribution in [0.15, 0.2) is 76.1 Å². The Hall–Kier alpha value is -3.20. The van der Waals surface area contributed by atoms with Gasteiger partial charge in [-0.05, 0) is 54.3 Å². The number of aryl methyl sites for hydroxylation is 2. The zero-order valence-electron chi connectivity index (χ0n) is 14.1. The number of benzene rings is 2. The van der Waals surface area contributed by atoms with Crippen molar-refractivity contribution in [3.8, 4) is 22.4 Å². The van der Waals surface area contributed by atoms with Crippen molar-refractivity contribution in [2.45, 2.75) is 13.8 Å². The molecule has 2 aromatic heterocycles. The maximum atomic E-state index is 11.7. The minimum atomic E-state index is -0.323. The molecule has 0 unspecified atom stereocenters. The predicted molar refractivity (Wildman–Crippen MR) is 101 cm³/mol. The van der Waals surface area contributed by atoms with E-state index in [2.05, 4.69) is 30.1 Å². The Morgan fingerprint density at radius 3 is 2.56 bits per heavy atom. The molecule has 0 N–H and O–H groups in total. The number of fused-ring (bicyclic) bond motifs is 1. The van der Waals surface area contributed by atoms with Gasteiger partial charge in [0, 0.05) is 23.2 Å². The van der Waals surface area contributed by atoms with Gasteiger partial charge in [0.25, 0.3) is 0 Å². The van der Waals surface area contributed by atoms with Crippen LogP contribution in [0.2, 0.25) is 0 Å². The Bertz CT molecular complexity index is 1130. The van der Waals surface area contributed by atoms with Crippen molar-refractivity contribution in [2.24, 2.45) is 0 Å². The summed E-state index contributed by atoms with van der Waals surface area (Å²) >= 11 is 0. The fourth-order valence-electron chi connectivity index (χ4n) is 3.25. The van der Waals surface area contributed by atoms with Crippen molar-refractivity contribution in [1.82, 2.24) is 4.98 Å². The van der Waals surface area contributed by atoms with Gasteiger partial charge in [0.15, 0.2) is 0 Å². The molecule has 0 aliphatic rings. The second kappa shape index (κ2) is 6.02. The summed E-state index contributed by atoms with van der Waals surface area (Å²) in [5.41, 5.74) is 6.47. The third-order valence-corrected chi connectivity index (χ3v) is 4.46. The highest BCUT2D eigenvalue weighted by Gasteiger charge is 2.12. The van der Waals surface area contributed by atoms with Crippen LogP contribution in [0, 0.1) is 13.8 Å². The van der Waals surface area contributed by atoms with E-state index in [1.807, 2.05) is 43.3 Å². The number of pyridine rings is 1. The molecule has 0 saturated heterocycles. The molecule has 0 fully saturated rings. The number of nitrogens with zero attached hydrogens (tertiary/aromatic N) is 1. The lowest BCUT2D eigenvalue weighted by molar-refractivity contribution is 0.560. The van der Waals surface area contributed by atoms with E-state index in [4.69, 9.17) is 4.42 Å². The van der Waals surface area contributed by atoms with Crippen molar-refractivity contribution in [3.05, 3.63) is 88.4 Å². The van der Waals surface area contributed by atoms with Gasteiger partial charge in [-0.2, -0.15) is 0 Å². The average Bonchev–Trinajstić information content (AvgIpc) is 2.61. The van der Waals surface area contributed by atoms with Gasteiger partial charge in [-0.25, -0.2) is 4.79 Å². The molecule has 0 atom stereocenters. The highest BCUT2D eigenvalue weighted by Crippen LogP contribution is 2.35. The first kappa shape index (κ1) is 15.3. The smallest absolute Gasteiger partial charge is 0.336 e. The second-order valence-corrected chi connectivity index (χ2v) is 6.17. The van der Waals surface area contributed by atoms with Gasteiger partial charge >= 0.3 is 5.63 Å². The second-order valence-electron chi connectivity index (χ2n) is 6.17. The van der Waals surface area contributed by atoms with Crippen molar-refractivity contribution in [1.29, 1.82) is 0 Å². The molecule has 0 radical (unpaired) electrons. The molecule has 0 saturated carbocycles. The van der Waals surface area contributed by atoms with Gasteiger partial charge in [0.1, 0.15) is 5.58 Å². The van der Waals surface area contributed by atoms with Gasteiger partial charge in [-0.1, -0.05) is 36.4 Å². The maximum absolute atomic E-state index is 11.7. The van der Waals surface area contributed by atoms with Crippen LogP contribution in [0.4, 0.5) is 0 Å². The summed E-state index contributed by atoms with van der Waals surface area (Å²) in [4.78, 5) is 16.2. The number of hydrogen-bond acceptors (Lipinski definition) is 3. The third kappa shape index (κ3) is 2.74. The van der Waals surface area contributed by atoms with Crippen LogP contribution in [0.25, 0.3) is 33.4 Å². The minimum absolute atomic E-state index is 0.323. The van der Waals surface area contributed by atoms with E-state index < -0.39 is 0 Å². The lowest BCUT2D eigenvalue weighted by atomic mass is 9.93. The summed E-state index contributed by atoms with van der Waals surface area (Å²) in [7, 11) is 0. The molecule has 0 aliphatic carbocycles. The fraction of sp³-hybridized carbons (Fsp3) is 0.0909. The van der Waals surface area contributed by atoms with E-state index in [-0.39, 0.29) is 5.63 Å². The number of aromatic nitrogens is 1. The van der Waals surface area contributed by atoms with Crippen LogP contribution in [-0.2, 0) is 0 Å². The Kier molecular flexibility index (Phi) is 3.69. The molecule has 2 aromatic carbocycles. The molecule has 3 heteroatoms. The zero-order chi connectivity index (χ0) is 17.4. The molecule has 25 heavy (non-hydrogen) atoms. The molecule has 0 spiro atoms. The summed E-state index contributed by atoms with van der Waals surface area (Å²) in [6.45, 7) is 4.00. The van der Waals surface area contributed by atoms with Crippen LogP contribution in [0.3, 0.4) is 0 Å². The maximum Gasteiger partial charge on any atom is 0.336 e. The highest BCUT2D eigenvalue weighted by atomic mass is 16.4. The van der Waals surface area contributed by atoms with E-state index in [1.165, 1.54) is 6.07 Å². The zero-order valence-corrected chi connectivity index (χ0v) is 14.1. The van der Waals surface area contributed by atoms with Crippen LogP contribution in [0.1, 0.15) is 11.1 Å². The monoisotopic (exact) mass is 327 g/mol. The summed E-state index contributed by atoms with van der Waals surface area (Å²) in [5, 5.41) is 0.954. The molecule has 3 nitrogen and oxygen atoms in total. The quantitative estimate of drug-likeness (QED) is 0.479.